The molecule has 3 rings (SSSR count). The Balaban J connectivity index is 2.10. The van der Waals surface area contributed by atoms with Crippen molar-refractivity contribution in [3.63, 3.8) is 0 Å². The molecule has 0 fully saturated rings. The highest BCUT2D eigenvalue weighted by Gasteiger charge is 2.13. The minimum absolute atomic E-state index is 0.334. The summed E-state index contributed by atoms with van der Waals surface area (Å²) in [7, 11) is 0. The quantitative estimate of drug-likeness (QED) is 0.792. The second-order valence-electron chi connectivity index (χ2n) is 4.86. The van der Waals surface area contributed by atoms with Gasteiger partial charge < -0.3 is 9.67 Å². The number of carbonyl (C=O) groups is 1. The molecule has 0 radical (unpaired) electrons. The minimum atomic E-state index is -0.901. The van der Waals surface area contributed by atoms with E-state index in [1.165, 1.54) is 0 Å². The number of hydrogen-bond donors (Lipinski definition) is 1. The van der Waals surface area contributed by atoms with Gasteiger partial charge in [-0.25, -0.2) is 4.79 Å². The first-order valence-electron chi connectivity index (χ1n) is 6.37. The maximum atomic E-state index is 11.3. The number of rotatable bonds is 3. The molecule has 0 aliphatic rings. The van der Waals surface area contributed by atoms with E-state index in [1.54, 1.807) is 12.4 Å². The van der Waals surface area contributed by atoms with Crippen molar-refractivity contribution in [1.29, 1.82) is 0 Å². The molecule has 0 saturated carbocycles. The fourth-order valence-corrected chi connectivity index (χ4v) is 2.45. The average Bonchev–Trinajstić information content (AvgIpc) is 2.78. The molecule has 0 aliphatic carbocycles. The van der Waals surface area contributed by atoms with Crippen LogP contribution in [0.2, 0.25) is 0 Å². The fraction of sp³-hybridized carbons (Fsp3) is 0.125. The fourth-order valence-electron chi connectivity index (χ4n) is 2.45. The van der Waals surface area contributed by atoms with Crippen molar-refractivity contribution < 1.29 is 9.90 Å². The van der Waals surface area contributed by atoms with Crippen LogP contribution in [-0.4, -0.2) is 20.6 Å². The molecule has 2 heterocycles. The highest BCUT2D eigenvalue weighted by Crippen LogP contribution is 2.22. The van der Waals surface area contributed by atoms with E-state index in [4.69, 9.17) is 0 Å². The third-order valence-corrected chi connectivity index (χ3v) is 3.30. The summed E-state index contributed by atoms with van der Waals surface area (Å²) in [6, 6.07) is 9.60. The normalized spacial score (nSPS) is 10.8. The Morgan fingerprint density at radius 1 is 1.30 bits per heavy atom. The van der Waals surface area contributed by atoms with Crippen molar-refractivity contribution in [3.05, 3.63) is 65.6 Å². The molecule has 1 aromatic carbocycles. The van der Waals surface area contributed by atoms with Gasteiger partial charge in [-0.3, -0.25) is 4.98 Å². The predicted octanol–water partition coefficient (Wildman–Crippen LogP) is 3.09. The molecule has 1 N–H and O–H groups in total. The van der Waals surface area contributed by atoms with Crippen LogP contribution in [0, 0.1) is 6.92 Å². The molecule has 4 nitrogen and oxygen atoms in total. The lowest BCUT2D eigenvalue weighted by atomic mass is 10.2. The number of para-hydroxylation sites is 1. The zero-order valence-corrected chi connectivity index (χ0v) is 11.1. The van der Waals surface area contributed by atoms with Gasteiger partial charge in [-0.05, 0) is 24.1 Å². The summed E-state index contributed by atoms with van der Waals surface area (Å²) in [4.78, 5) is 15.5. The number of aromatic nitrogens is 2. The van der Waals surface area contributed by atoms with Crippen LogP contribution in [0.1, 0.15) is 21.5 Å². The number of carboxylic acids is 1. The second kappa shape index (κ2) is 4.81. The molecule has 0 atom stereocenters. The molecule has 0 unspecified atom stereocenters. The van der Waals surface area contributed by atoms with Crippen molar-refractivity contribution in [2.75, 3.05) is 0 Å². The summed E-state index contributed by atoms with van der Waals surface area (Å²) in [6.07, 6.45) is 5.30. The zero-order valence-electron chi connectivity index (χ0n) is 11.1. The average molecular weight is 266 g/mol. The van der Waals surface area contributed by atoms with E-state index in [-0.39, 0.29) is 0 Å². The summed E-state index contributed by atoms with van der Waals surface area (Å²) >= 11 is 0. The summed E-state index contributed by atoms with van der Waals surface area (Å²) in [6.45, 7) is 2.61. The number of carboxylic acid groups (broad SMARTS) is 1. The Labute approximate surface area is 116 Å². The zero-order chi connectivity index (χ0) is 14.1. The number of pyridine rings is 1. The first kappa shape index (κ1) is 12.4. The van der Waals surface area contributed by atoms with E-state index < -0.39 is 5.97 Å². The standard InChI is InChI=1S/C16H14N2O2/c1-11-6-12(8-17-7-11)9-18-10-14(16(19)20)13-4-2-3-5-15(13)18/h2-8,10H,9H2,1H3,(H,19,20). The maximum Gasteiger partial charge on any atom is 0.337 e. The molecule has 0 bridgehead atoms. The van der Waals surface area contributed by atoms with Gasteiger partial charge in [0.05, 0.1) is 5.56 Å². The van der Waals surface area contributed by atoms with Crippen LogP contribution in [-0.2, 0) is 6.54 Å². The minimum Gasteiger partial charge on any atom is -0.478 e. The van der Waals surface area contributed by atoms with Gasteiger partial charge in [-0.15, -0.1) is 0 Å². The van der Waals surface area contributed by atoms with Crippen molar-refractivity contribution in [2.45, 2.75) is 13.5 Å². The maximum absolute atomic E-state index is 11.3. The summed E-state index contributed by atoms with van der Waals surface area (Å²) in [5.41, 5.74) is 3.41. The molecular formula is C16H14N2O2. The second-order valence-corrected chi connectivity index (χ2v) is 4.86. The lowest BCUT2D eigenvalue weighted by Crippen LogP contribution is -1.99. The summed E-state index contributed by atoms with van der Waals surface area (Å²) < 4.78 is 1.95. The monoisotopic (exact) mass is 266 g/mol. The van der Waals surface area contributed by atoms with E-state index in [0.717, 1.165) is 22.0 Å². The first-order valence-corrected chi connectivity index (χ1v) is 6.37. The number of fused-ring (bicyclic) bond motifs is 1. The predicted molar refractivity (Wildman–Crippen MR) is 77.0 cm³/mol. The number of hydrogen-bond acceptors (Lipinski definition) is 2. The first-order chi connectivity index (χ1) is 9.65. The van der Waals surface area contributed by atoms with Gasteiger partial charge in [0.1, 0.15) is 0 Å². The van der Waals surface area contributed by atoms with Gasteiger partial charge in [0.15, 0.2) is 0 Å². The van der Waals surface area contributed by atoms with Crippen LogP contribution in [0.5, 0.6) is 0 Å². The van der Waals surface area contributed by atoms with Crippen LogP contribution in [0.4, 0.5) is 0 Å². The van der Waals surface area contributed by atoms with Crippen LogP contribution < -0.4 is 0 Å². The summed E-state index contributed by atoms with van der Waals surface area (Å²) in [5.74, 6) is -0.901. The molecule has 0 amide bonds. The van der Waals surface area contributed by atoms with Gasteiger partial charge in [-0.1, -0.05) is 24.3 Å². The molecule has 0 spiro atoms. The molecular weight excluding hydrogens is 252 g/mol. The SMILES string of the molecule is Cc1cncc(Cn2cc(C(=O)O)c3ccccc32)c1. The van der Waals surface area contributed by atoms with Crippen LogP contribution >= 0.6 is 0 Å². The largest absolute Gasteiger partial charge is 0.478 e. The third-order valence-electron chi connectivity index (χ3n) is 3.30. The highest BCUT2D eigenvalue weighted by molar-refractivity contribution is 6.03. The highest BCUT2D eigenvalue weighted by atomic mass is 16.4. The topological polar surface area (TPSA) is 55.1 Å². The molecule has 4 heteroatoms. The third kappa shape index (κ3) is 2.16. The lowest BCUT2D eigenvalue weighted by Gasteiger charge is -2.05. The van der Waals surface area contributed by atoms with Crippen molar-refractivity contribution >= 4 is 16.9 Å². The van der Waals surface area contributed by atoms with Gasteiger partial charge in [0.2, 0.25) is 0 Å². The molecule has 0 aliphatic heterocycles. The van der Waals surface area contributed by atoms with E-state index in [0.29, 0.717) is 12.1 Å². The summed E-state index contributed by atoms with van der Waals surface area (Å²) in [5, 5.41) is 10.0. The molecule has 100 valence electrons. The molecule has 3 aromatic rings. The Morgan fingerprint density at radius 2 is 2.10 bits per heavy atom. The number of nitrogens with zero attached hydrogens (tertiary/aromatic N) is 2. The van der Waals surface area contributed by atoms with E-state index >= 15 is 0 Å². The number of benzene rings is 1. The van der Waals surface area contributed by atoms with Crippen molar-refractivity contribution in [3.8, 4) is 0 Å². The van der Waals surface area contributed by atoms with Crippen LogP contribution in [0.3, 0.4) is 0 Å². The van der Waals surface area contributed by atoms with Gasteiger partial charge >= 0.3 is 5.97 Å². The van der Waals surface area contributed by atoms with Crippen LogP contribution in [0.25, 0.3) is 10.9 Å². The van der Waals surface area contributed by atoms with Crippen molar-refractivity contribution in [2.24, 2.45) is 0 Å². The smallest absolute Gasteiger partial charge is 0.337 e. The van der Waals surface area contributed by atoms with E-state index in [9.17, 15) is 9.90 Å². The van der Waals surface area contributed by atoms with Crippen LogP contribution in [0.15, 0.2) is 48.9 Å². The Morgan fingerprint density at radius 3 is 2.85 bits per heavy atom. The Kier molecular flexibility index (Phi) is 2.99. The Hall–Kier alpha value is -2.62. The van der Waals surface area contributed by atoms with Gasteiger partial charge in [0, 0.05) is 36.0 Å². The Bertz CT molecular complexity index is 790. The van der Waals surface area contributed by atoms with E-state index in [1.807, 2.05) is 42.0 Å². The molecule has 20 heavy (non-hydrogen) atoms. The van der Waals surface area contributed by atoms with Crippen molar-refractivity contribution in [1.82, 2.24) is 9.55 Å². The van der Waals surface area contributed by atoms with Gasteiger partial charge in [0.25, 0.3) is 0 Å². The van der Waals surface area contributed by atoms with E-state index in [2.05, 4.69) is 11.1 Å². The van der Waals surface area contributed by atoms with Gasteiger partial charge in [-0.2, -0.15) is 0 Å². The number of aromatic carboxylic acids is 1. The lowest BCUT2D eigenvalue weighted by molar-refractivity contribution is 0.0699. The number of aryl methyl sites for hydroxylation is 1. The molecule has 0 saturated heterocycles. The molecule has 2 aromatic heterocycles.